The summed E-state index contributed by atoms with van der Waals surface area (Å²) in [5.74, 6) is 0. The summed E-state index contributed by atoms with van der Waals surface area (Å²) < 4.78 is 0. The van der Waals surface area contributed by atoms with Crippen LogP contribution in [0.3, 0.4) is 0 Å². The largest absolute Gasteiger partial charge is 0.399 e. The Balaban J connectivity index is 1.95. The molecular weight excluding hydrogens is 210 g/mol. The Bertz CT molecular complexity index is 368. The van der Waals surface area contributed by atoms with E-state index in [1.165, 1.54) is 43.9 Å². The van der Waals surface area contributed by atoms with Crippen LogP contribution in [0.1, 0.15) is 18.1 Å². The SMILES string of the molecule is CCN1CCN(Cc2cccc(N)c2C)CC1. The third-order valence-electron chi connectivity index (χ3n) is 3.79. The molecule has 3 heteroatoms. The van der Waals surface area contributed by atoms with Crippen molar-refractivity contribution in [2.75, 3.05) is 38.5 Å². The first kappa shape index (κ1) is 12.4. The van der Waals surface area contributed by atoms with E-state index < -0.39 is 0 Å². The van der Waals surface area contributed by atoms with Crippen molar-refractivity contribution in [3.05, 3.63) is 29.3 Å². The molecule has 1 aliphatic rings. The van der Waals surface area contributed by atoms with Crippen molar-refractivity contribution in [2.24, 2.45) is 0 Å². The highest BCUT2D eigenvalue weighted by Gasteiger charge is 2.16. The molecule has 1 aromatic rings. The molecule has 0 atom stereocenters. The van der Waals surface area contributed by atoms with Crippen molar-refractivity contribution in [2.45, 2.75) is 20.4 Å². The number of hydrogen-bond acceptors (Lipinski definition) is 3. The van der Waals surface area contributed by atoms with Crippen LogP contribution < -0.4 is 5.73 Å². The summed E-state index contributed by atoms with van der Waals surface area (Å²) >= 11 is 0. The third-order valence-corrected chi connectivity index (χ3v) is 3.79. The van der Waals surface area contributed by atoms with E-state index >= 15 is 0 Å². The van der Waals surface area contributed by atoms with Crippen LogP contribution in [0.2, 0.25) is 0 Å². The van der Waals surface area contributed by atoms with Crippen molar-refractivity contribution in [3.8, 4) is 0 Å². The van der Waals surface area contributed by atoms with Gasteiger partial charge in [0, 0.05) is 38.4 Å². The minimum Gasteiger partial charge on any atom is -0.399 e. The van der Waals surface area contributed by atoms with Gasteiger partial charge in [0.1, 0.15) is 0 Å². The van der Waals surface area contributed by atoms with Crippen molar-refractivity contribution >= 4 is 5.69 Å². The van der Waals surface area contributed by atoms with Gasteiger partial charge in [-0.2, -0.15) is 0 Å². The molecule has 17 heavy (non-hydrogen) atoms. The van der Waals surface area contributed by atoms with E-state index in [2.05, 4.69) is 35.8 Å². The number of nitrogens with two attached hydrogens (primary N) is 1. The Labute approximate surface area is 104 Å². The first-order valence-corrected chi connectivity index (χ1v) is 6.49. The van der Waals surface area contributed by atoms with E-state index in [0.717, 1.165) is 12.2 Å². The highest BCUT2D eigenvalue weighted by molar-refractivity contribution is 5.49. The van der Waals surface area contributed by atoms with E-state index in [0.29, 0.717) is 0 Å². The second-order valence-corrected chi connectivity index (χ2v) is 4.84. The fourth-order valence-electron chi connectivity index (χ4n) is 2.38. The first-order chi connectivity index (χ1) is 8.20. The van der Waals surface area contributed by atoms with Crippen LogP contribution in [0.15, 0.2) is 18.2 Å². The molecule has 3 nitrogen and oxygen atoms in total. The molecule has 2 rings (SSSR count). The maximum absolute atomic E-state index is 5.94. The second kappa shape index (κ2) is 5.52. The molecule has 0 spiro atoms. The van der Waals surface area contributed by atoms with Gasteiger partial charge < -0.3 is 10.6 Å². The van der Waals surface area contributed by atoms with E-state index in [1.807, 2.05) is 6.07 Å². The van der Waals surface area contributed by atoms with Gasteiger partial charge in [0.25, 0.3) is 0 Å². The number of piperazine rings is 1. The smallest absolute Gasteiger partial charge is 0.0346 e. The fourth-order valence-corrected chi connectivity index (χ4v) is 2.38. The monoisotopic (exact) mass is 233 g/mol. The van der Waals surface area contributed by atoms with E-state index in [-0.39, 0.29) is 0 Å². The van der Waals surface area contributed by atoms with Gasteiger partial charge in [-0.3, -0.25) is 4.90 Å². The maximum atomic E-state index is 5.94. The molecule has 1 fully saturated rings. The van der Waals surface area contributed by atoms with Crippen LogP contribution in [-0.4, -0.2) is 42.5 Å². The Morgan fingerprint density at radius 2 is 1.76 bits per heavy atom. The summed E-state index contributed by atoms with van der Waals surface area (Å²) in [4.78, 5) is 5.02. The molecule has 1 aromatic carbocycles. The lowest BCUT2D eigenvalue weighted by atomic mass is 10.1. The predicted octanol–water partition coefficient (Wildman–Crippen LogP) is 1.71. The summed E-state index contributed by atoms with van der Waals surface area (Å²) in [6, 6.07) is 6.23. The minimum atomic E-state index is 0.912. The van der Waals surface area contributed by atoms with Crippen LogP contribution in [0, 0.1) is 6.92 Å². The average Bonchev–Trinajstić information content (AvgIpc) is 2.36. The molecule has 94 valence electrons. The number of hydrogen-bond donors (Lipinski definition) is 1. The minimum absolute atomic E-state index is 0.912. The Kier molecular flexibility index (Phi) is 4.02. The summed E-state index contributed by atoms with van der Waals surface area (Å²) in [6.07, 6.45) is 0. The zero-order valence-corrected chi connectivity index (χ0v) is 10.9. The molecule has 2 N–H and O–H groups in total. The highest BCUT2D eigenvalue weighted by Crippen LogP contribution is 2.18. The van der Waals surface area contributed by atoms with E-state index in [4.69, 9.17) is 5.73 Å². The molecule has 0 aromatic heterocycles. The van der Waals surface area contributed by atoms with Gasteiger partial charge in [-0.15, -0.1) is 0 Å². The number of benzene rings is 1. The normalized spacial score (nSPS) is 18.5. The number of rotatable bonds is 3. The molecule has 0 unspecified atom stereocenters. The predicted molar refractivity (Wildman–Crippen MR) is 73.0 cm³/mol. The molecule has 0 radical (unpaired) electrons. The molecule has 0 amide bonds. The summed E-state index contributed by atoms with van der Waals surface area (Å²) in [6.45, 7) is 11.3. The third kappa shape index (κ3) is 2.99. The molecule has 1 aliphatic heterocycles. The highest BCUT2D eigenvalue weighted by atomic mass is 15.3. The Hall–Kier alpha value is -1.06. The van der Waals surface area contributed by atoms with Crippen LogP contribution >= 0.6 is 0 Å². The van der Waals surface area contributed by atoms with Gasteiger partial charge in [-0.25, -0.2) is 0 Å². The molecule has 1 saturated heterocycles. The second-order valence-electron chi connectivity index (χ2n) is 4.84. The van der Waals surface area contributed by atoms with Crippen molar-refractivity contribution in [1.29, 1.82) is 0 Å². The van der Waals surface area contributed by atoms with Crippen molar-refractivity contribution < 1.29 is 0 Å². The van der Waals surface area contributed by atoms with Gasteiger partial charge in [-0.05, 0) is 30.7 Å². The van der Waals surface area contributed by atoms with Crippen molar-refractivity contribution in [3.63, 3.8) is 0 Å². The number of nitrogens with zero attached hydrogens (tertiary/aromatic N) is 2. The van der Waals surface area contributed by atoms with Gasteiger partial charge in [0.05, 0.1) is 0 Å². The number of likely N-dealkylation sites (N-methyl/N-ethyl adjacent to an activating group) is 1. The van der Waals surface area contributed by atoms with Crippen molar-refractivity contribution in [1.82, 2.24) is 9.80 Å². The van der Waals surface area contributed by atoms with E-state index in [9.17, 15) is 0 Å². The zero-order chi connectivity index (χ0) is 12.3. The lowest BCUT2D eigenvalue weighted by Crippen LogP contribution is -2.45. The molecule has 0 saturated carbocycles. The first-order valence-electron chi connectivity index (χ1n) is 6.49. The molecule has 0 bridgehead atoms. The quantitative estimate of drug-likeness (QED) is 0.807. The number of anilines is 1. The van der Waals surface area contributed by atoms with Crippen LogP contribution in [-0.2, 0) is 6.54 Å². The fraction of sp³-hybridized carbons (Fsp3) is 0.571. The topological polar surface area (TPSA) is 32.5 Å². The summed E-state index contributed by atoms with van der Waals surface area (Å²) in [5, 5.41) is 0. The average molecular weight is 233 g/mol. The molecule has 1 heterocycles. The van der Waals surface area contributed by atoms with Gasteiger partial charge in [0.15, 0.2) is 0 Å². The summed E-state index contributed by atoms with van der Waals surface area (Å²) in [7, 11) is 0. The lowest BCUT2D eigenvalue weighted by molar-refractivity contribution is 0.132. The molecule has 0 aliphatic carbocycles. The van der Waals surface area contributed by atoms with Gasteiger partial charge >= 0.3 is 0 Å². The Morgan fingerprint density at radius 1 is 1.12 bits per heavy atom. The van der Waals surface area contributed by atoms with E-state index in [1.54, 1.807) is 0 Å². The zero-order valence-electron chi connectivity index (χ0n) is 10.9. The van der Waals surface area contributed by atoms with Gasteiger partial charge in [0.2, 0.25) is 0 Å². The summed E-state index contributed by atoms with van der Waals surface area (Å²) in [5.41, 5.74) is 9.47. The van der Waals surface area contributed by atoms with Gasteiger partial charge in [-0.1, -0.05) is 19.1 Å². The molecular formula is C14H23N3. The van der Waals surface area contributed by atoms with Crippen LogP contribution in [0.4, 0.5) is 5.69 Å². The van der Waals surface area contributed by atoms with Crippen LogP contribution in [0.5, 0.6) is 0 Å². The maximum Gasteiger partial charge on any atom is 0.0346 e. The standard InChI is InChI=1S/C14H23N3/c1-3-16-7-9-17(10-8-16)11-13-5-4-6-14(15)12(13)2/h4-6H,3,7-11,15H2,1-2H3. The van der Waals surface area contributed by atoms with Crippen LogP contribution in [0.25, 0.3) is 0 Å². The Morgan fingerprint density at radius 3 is 2.41 bits per heavy atom. The number of nitrogen functional groups attached to an aromatic ring is 1. The lowest BCUT2D eigenvalue weighted by Gasteiger charge is -2.34.